The van der Waals surface area contributed by atoms with E-state index in [1.165, 1.54) is 11.8 Å². The molecule has 0 aliphatic carbocycles. The predicted octanol–water partition coefficient (Wildman–Crippen LogP) is 2.87. The number of amides is 3. The van der Waals surface area contributed by atoms with E-state index in [1.807, 2.05) is 30.3 Å². The molecule has 3 rings (SSSR count). The Morgan fingerprint density at radius 1 is 1.09 bits per heavy atom. The monoisotopic (exact) mass is 459 g/mol. The molecule has 0 unspecified atom stereocenters. The molecular formula is C24H33N3O6. The summed E-state index contributed by atoms with van der Waals surface area (Å²) in [6, 6.07) is 7.57. The summed E-state index contributed by atoms with van der Waals surface area (Å²) in [5, 5.41) is 2.61. The van der Waals surface area contributed by atoms with Gasteiger partial charge in [-0.25, -0.2) is 9.59 Å². The second kappa shape index (κ2) is 10.2. The van der Waals surface area contributed by atoms with Crippen molar-refractivity contribution >= 4 is 23.9 Å². The molecule has 1 aromatic rings. The molecule has 2 aliphatic rings. The van der Waals surface area contributed by atoms with E-state index in [-0.39, 0.29) is 30.9 Å². The normalized spacial score (nSPS) is 23.3. The van der Waals surface area contributed by atoms with Gasteiger partial charge in [0.15, 0.2) is 5.78 Å². The van der Waals surface area contributed by atoms with E-state index in [9.17, 15) is 19.2 Å². The van der Waals surface area contributed by atoms with Gasteiger partial charge in [-0.1, -0.05) is 30.3 Å². The molecule has 2 aliphatic heterocycles. The maximum atomic E-state index is 13.5. The molecule has 2 fully saturated rings. The van der Waals surface area contributed by atoms with E-state index in [1.54, 1.807) is 25.7 Å². The van der Waals surface area contributed by atoms with Crippen molar-refractivity contribution in [3.63, 3.8) is 0 Å². The van der Waals surface area contributed by atoms with E-state index >= 15 is 0 Å². The van der Waals surface area contributed by atoms with Crippen LogP contribution in [0, 0.1) is 0 Å². The smallest absolute Gasteiger partial charge is 0.410 e. The van der Waals surface area contributed by atoms with E-state index < -0.39 is 29.9 Å². The average molecular weight is 460 g/mol. The van der Waals surface area contributed by atoms with Gasteiger partial charge in [0.25, 0.3) is 0 Å². The molecule has 1 N–H and O–H groups in total. The third-order valence-electron chi connectivity index (χ3n) is 5.81. The summed E-state index contributed by atoms with van der Waals surface area (Å²) in [5.41, 5.74) is 0.102. The van der Waals surface area contributed by atoms with Crippen LogP contribution in [0.2, 0.25) is 0 Å². The molecule has 0 saturated carbocycles. The van der Waals surface area contributed by atoms with Gasteiger partial charge in [-0.15, -0.1) is 0 Å². The van der Waals surface area contributed by atoms with Crippen LogP contribution >= 0.6 is 0 Å². The second-order valence-corrected chi connectivity index (χ2v) is 9.58. The zero-order valence-electron chi connectivity index (χ0n) is 19.7. The number of alkyl carbamates (subject to hydrolysis) is 1. The number of Topliss-reactive ketones (excluding diaryl/α,β-unsaturated/α-hetero) is 1. The van der Waals surface area contributed by atoms with Crippen LogP contribution in [0.1, 0.15) is 52.5 Å². The number of ether oxygens (including phenoxy) is 2. The van der Waals surface area contributed by atoms with Crippen LogP contribution in [0.15, 0.2) is 30.3 Å². The Balaban J connectivity index is 1.77. The van der Waals surface area contributed by atoms with Crippen molar-refractivity contribution in [1.82, 2.24) is 15.1 Å². The summed E-state index contributed by atoms with van der Waals surface area (Å²) in [5.74, 6) is -0.467. The molecule has 2 saturated heterocycles. The summed E-state index contributed by atoms with van der Waals surface area (Å²) < 4.78 is 10.8. The summed E-state index contributed by atoms with van der Waals surface area (Å²) in [6.45, 7) is 7.03. The highest BCUT2D eigenvalue weighted by molar-refractivity contribution is 5.92. The van der Waals surface area contributed by atoms with Gasteiger partial charge >= 0.3 is 12.2 Å². The van der Waals surface area contributed by atoms with Gasteiger partial charge in [0, 0.05) is 12.6 Å². The fourth-order valence-corrected chi connectivity index (χ4v) is 4.31. The van der Waals surface area contributed by atoms with Crippen molar-refractivity contribution in [2.75, 3.05) is 13.1 Å². The lowest BCUT2D eigenvalue weighted by Crippen LogP contribution is -2.60. The van der Waals surface area contributed by atoms with Crippen molar-refractivity contribution in [1.29, 1.82) is 0 Å². The SMILES string of the molecule is CC(=O)[C@@H]1CC[C@@H]2CCN(C(=O)OCc3ccccc3)C[C@H](NC(=O)OC(C)(C)C)C(=O)N21. The number of benzene rings is 1. The van der Waals surface area contributed by atoms with Crippen molar-refractivity contribution in [3.05, 3.63) is 35.9 Å². The first-order chi connectivity index (χ1) is 15.5. The molecule has 3 atom stereocenters. The van der Waals surface area contributed by atoms with Gasteiger partial charge in [0.05, 0.1) is 12.6 Å². The number of rotatable bonds is 4. The number of fused-ring (bicyclic) bond motifs is 1. The first-order valence-corrected chi connectivity index (χ1v) is 11.3. The third kappa shape index (κ3) is 6.46. The van der Waals surface area contributed by atoms with E-state index in [0.717, 1.165) is 5.56 Å². The lowest BCUT2D eigenvalue weighted by molar-refractivity contribution is -0.142. The Hall–Kier alpha value is -3.10. The minimum Gasteiger partial charge on any atom is -0.445 e. The number of carbonyl (C=O) groups excluding carboxylic acids is 4. The lowest BCUT2D eigenvalue weighted by atomic mass is 10.1. The first-order valence-electron chi connectivity index (χ1n) is 11.3. The van der Waals surface area contributed by atoms with Gasteiger partial charge in [0.1, 0.15) is 18.2 Å². The van der Waals surface area contributed by atoms with Crippen LogP contribution in [-0.2, 0) is 25.7 Å². The van der Waals surface area contributed by atoms with Crippen LogP contribution in [-0.4, -0.2) is 70.5 Å². The predicted molar refractivity (Wildman–Crippen MR) is 120 cm³/mol. The summed E-state index contributed by atoms with van der Waals surface area (Å²) in [4.78, 5) is 54.0. The summed E-state index contributed by atoms with van der Waals surface area (Å²) in [6.07, 6.45) is 0.465. The van der Waals surface area contributed by atoms with Crippen molar-refractivity contribution < 1.29 is 28.7 Å². The molecule has 33 heavy (non-hydrogen) atoms. The van der Waals surface area contributed by atoms with Gasteiger partial charge in [-0.2, -0.15) is 0 Å². The van der Waals surface area contributed by atoms with Crippen molar-refractivity contribution in [2.45, 2.75) is 77.3 Å². The number of nitrogens with one attached hydrogen (secondary N) is 1. The molecule has 9 nitrogen and oxygen atoms in total. The minimum absolute atomic E-state index is 0.0699. The molecular weight excluding hydrogens is 426 g/mol. The Kier molecular flexibility index (Phi) is 7.61. The van der Waals surface area contributed by atoms with E-state index in [0.29, 0.717) is 25.8 Å². The van der Waals surface area contributed by atoms with Gasteiger partial charge in [-0.3, -0.25) is 9.59 Å². The van der Waals surface area contributed by atoms with E-state index in [4.69, 9.17) is 9.47 Å². The van der Waals surface area contributed by atoms with Crippen LogP contribution in [0.4, 0.5) is 9.59 Å². The quantitative estimate of drug-likeness (QED) is 0.742. The average Bonchev–Trinajstić information content (AvgIpc) is 3.16. The van der Waals surface area contributed by atoms with Crippen LogP contribution in [0.25, 0.3) is 0 Å². The molecule has 0 aromatic heterocycles. The van der Waals surface area contributed by atoms with Crippen LogP contribution in [0.5, 0.6) is 0 Å². The van der Waals surface area contributed by atoms with Gasteiger partial charge < -0.3 is 24.6 Å². The largest absolute Gasteiger partial charge is 0.445 e. The highest BCUT2D eigenvalue weighted by Gasteiger charge is 2.44. The van der Waals surface area contributed by atoms with Crippen molar-refractivity contribution in [3.8, 4) is 0 Å². The topological polar surface area (TPSA) is 105 Å². The number of hydrogen-bond donors (Lipinski definition) is 1. The first kappa shape index (κ1) is 24.5. The number of ketones is 1. The van der Waals surface area contributed by atoms with E-state index in [2.05, 4.69) is 5.32 Å². The Labute approximate surface area is 194 Å². The third-order valence-corrected chi connectivity index (χ3v) is 5.81. The zero-order chi connectivity index (χ0) is 24.2. The molecule has 0 radical (unpaired) electrons. The molecule has 9 heteroatoms. The number of carbonyl (C=O) groups is 4. The molecule has 1 aromatic carbocycles. The molecule has 180 valence electrons. The second-order valence-electron chi connectivity index (χ2n) is 9.58. The maximum Gasteiger partial charge on any atom is 0.410 e. The molecule has 0 spiro atoms. The van der Waals surface area contributed by atoms with Gasteiger partial charge in [-0.05, 0) is 52.5 Å². The highest BCUT2D eigenvalue weighted by Crippen LogP contribution is 2.30. The van der Waals surface area contributed by atoms with Crippen LogP contribution in [0.3, 0.4) is 0 Å². The Morgan fingerprint density at radius 2 is 1.79 bits per heavy atom. The Bertz CT molecular complexity index is 882. The molecule has 2 heterocycles. The van der Waals surface area contributed by atoms with Crippen molar-refractivity contribution in [2.24, 2.45) is 0 Å². The lowest BCUT2D eigenvalue weighted by Gasteiger charge is -2.38. The fraction of sp³-hybridized carbons (Fsp3) is 0.583. The molecule has 0 bridgehead atoms. The number of nitrogens with zero attached hydrogens (tertiary/aromatic N) is 2. The zero-order valence-corrected chi connectivity index (χ0v) is 19.7. The Morgan fingerprint density at radius 3 is 2.42 bits per heavy atom. The highest BCUT2D eigenvalue weighted by atomic mass is 16.6. The van der Waals surface area contributed by atoms with Gasteiger partial charge in [0.2, 0.25) is 5.91 Å². The van der Waals surface area contributed by atoms with Crippen LogP contribution < -0.4 is 5.32 Å². The molecule has 3 amide bonds. The standard InChI is InChI=1S/C24H33N3O6/c1-16(28)20-11-10-18-12-13-26(23(31)32-15-17-8-6-5-7-9-17)14-19(21(29)27(18)20)25-22(30)33-24(2,3)4/h5-9,18-20H,10-15H2,1-4H3,(H,25,30)/t18-,19+,20+/m1/s1. The summed E-state index contributed by atoms with van der Waals surface area (Å²) >= 11 is 0. The fourth-order valence-electron chi connectivity index (χ4n) is 4.31. The number of hydrogen-bond acceptors (Lipinski definition) is 6. The summed E-state index contributed by atoms with van der Waals surface area (Å²) in [7, 11) is 0. The maximum absolute atomic E-state index is 13.5. The minimum atomic E-state index is -1.05.